The number of hydrogen-bond acceptors (Lipinski definition) is 6. The molecule has 0 saturated carbocycles. The Bertz CT molecular complexity index is 730. The first kappa shape index (κ1) is 19.1. The van der Waals surface area contributed by atoms with E-state index in [1.807, 2.05) is 37.2 Å². The highest BCUT2D eigenvalue weighted by molar-refractivity contribution is 5.76. The minimum Gasteiger partial charge on any atom is -0.357 e. The van der Waals surface area contributed by atoms with Crippen LogP contribution in [0.4, 0.5) is 11.8 Å². The Morgan fingerprint density at radius 2 is 1.96 bits per heavy atom. The van der Waals surface area contributed by atoms with Gasteiger partial charge >= 0.3 is 0 Å². The number of likely N-dealkylation sites (N-methyl/N-ethyl adjacent to an activating group) is 1. The molecule has 0 atom stereocenters. The second-order valence-corrected chi connectivity index (χ2v) is 7.04. The van der Waals surface area contributed by atoms with Gasteiger partial charge in [0.1, 0.15) is 5.82 Å². The molecule has 3 heterocycles. The number of rotatable bonds is 7. The maximum atomic E-state index is 12.5. The number of amides is 1. The summed E-state index contributed by atoms with van der Waals surface area (Å²) in [5.41, 5.74) is 1.21. The second kappa shape index (κ2) is 9.30. The van der Waals surface area contributed by atoms with Crippen LogP contribution in [0.25, 0.3) is 0 Å². The predicted molar refractivity (Wildman–Crippen MR) is 107 cm³/mol. The number of nitrogens with zero attached hydrogens (tertiary/aromatic N) is 5. The lowest BCUT2D eigenvalue weighted by Crippen LogP contribution is -2.37. The molecule has 0 spiro atoms. The molecule has 0 aliphatic carbocycles. The molecule has 1 fully saturated rings. The van der Waals surface area contributed by atoms with Crippen LogP contribution in [-0.2, 0) is 11.2 Å². The summed E-state index contributed by atoms with van der Waals surface area (Å²) in [5.74, 6) is 2.28. The van der Waals surface area contributed by atoms with E-state index < -0.39 is 0 Å². The third-order valence-corrected chi connectivity index (χ3v) is 5.18. The first-order valence-corrected chi connectivity index (χ1v) is 9.54. The molecule has 144 valence electrons. The summed E-state index contributed by atoms with van der Waals surface area (Å²) in [6.45, 7) is 2.60. The molecular formula is C20H28N6O. The third-order valence-electron chi connectivity index (χ3n) is 5.18. The van der Waals surface area contributed by atoms with Crippen molar-refractivity contribution in [2.75, 3.05) is 43.9 Å². The van der Waals surface area contributed by atoms with E-state index in [0.717, 1.165) is 44.7 Å². The summed E-state index contributed by atoms with van der Waals surface area (Å²) in [6.07, 6.45) is 8.90. The van der Waals surface area contributed by atoms with Gasteiger partial charge in [-0.1, -0.05) is 0 Å². The molecule has 0 aromatic carbocycles. The molecule has 7 nitrogen and oxygen atoms in total. The summed E-state index contributed by atoms with van der Waals surface area (Å²) < 4.78 is 0. The molecule has 7 heteroatoms. The molecule has 1 N–H and O–H groups in total. The Kier molecular flexibility index (Phi) is 6.57. The Balaban J connectivity index is 1.43. The van der Waals surface area contributed by atoms with Gasteiger partial charge in [-0.05, 0) is 48.9 Å². The van der Waals surface area contributed by atoms with Gasteiger partial charge < -0.3 is 15.1 Å². The third kappa shape index (κ3) is 5.39. The average Bonchev–Trinajstić information content (AvgIpc) is 2.73. The number of aromatic nitrogens is 3. The molecule has 1 aliphatic heterocycles. The molecule has 1 amide bonds. The van der Waals surface area contributed by atoms with Crippen molar-refractivity contribution in [2.45, 2.75) is 25.7 Å². The molecule has 0 radical (unpaired) electrons. The highest BCUT2D eigenvalue weighted by Crippen LogP contribution is 2.24. The maximum Gasteiger partial charge on any atom is 0.224 e. The zero-order valence-electron chi connectivity index (χ0n) is 16.1. The standard InChI is InChI=1S/C20H28N6O/c1-21-20-23-11-5-18(24-20)26-13-7-17(8-14-26)15-19(27)25(2)12-6-16-3-9-22-10-4-16/h3-5,9-11,17H,6-8,12-15H2,1-2H3,(H,21,23,24). The fraction of sp³-hybridized carbons (Fsp3) is 0.500. The van der Waals surface area contributed by atoms with Crippen molar-refractivity contribution < 1.29 is 4.79 Å². The Hall–Kier alpha value is -2.70. The zero-order valence-corrected chi connectivity index (χ0v) is 16.1. The van der Waals surface area contributed by atoms with Crippen molar-refractivity contribution in [2.24, 2.45) is 5.92 Å². The largest absolute Gasteiger partial charge is 0.357 e. The monoisotopic (exact) mass is 368 g/mol. The number of carbonyl (C=O) groups is 1. The van der Waals surface area contributed by atoms with E-state index in [0.29, 0.717) is 18.3 Å². The summed E-state index contributed by atoms with van der Waals surface area (Å²) in [4.78, 5) is 29.4. The minimum atomic E-state index is 0.238. The molecule has 2 aromatic rings. The normalized spacial score (nSPS) is 14.8. The van der Waals surface area contributed by atoms with E-state index in [-0.39, 0.29) is 5.91 Å². The van der Waals surface area contributed by atoms with Crippen molar-refractivity contribution in [3.8, 4) is 0 Å². The van der Waals surface area contributed by atoms with E-state index in [1.165, 1.54) is 5.56 Å². The van der Waals surface area contributed by atoms with Crippen LogP contribution in [-0.4, -0.2) is 59.5 Å². The molecule has 1 saturated heterocycles. The number of nitrogens with one attached hydrogen (secondary N) is 1. The van der Waals surface area contributed by atoms with Crippen LogP contribution in [0.2, 0.25) is 0 Å². The van der Waals surface area contributed by atoms with E-state index in [9.17, 15) is 4.79 Å². The quantitative estimate of drug-likeness (QED) is 0.808. The van der Waals surface area contributed by atoms with Gasteiger partial charge in [0.05, 0.1) is 0 Å². The van der Waals surface area contributed by atoms with Gasteiger partial charge in [-0.25, -0.2) is 4.98 Å². The van der Waals surface area contributed by atoms with Crippen molar-refractivity contribution in [1.29, 1.82) is 0 Å². The van der Waals surface area contributed by atoms with Crippen molar-refractivity contribution in [3.63, 3.8) is 0 Å². The van der Waals surface area contributed by atoms with E-state index in [1.54, 1.807) is 18.6 Å². The Labute approximate surface area is 160 Å². The number of piperidine rings is 1. The van der Waals surface area contributed by atoms with Crippen LogP contribution in [0.5, 0.6) is 0 Å². The molecular weight excluding hydrogens is 340 g/mol. The zero-order chi connectivity index (χ0) is 19.1. The number of pyridine rings is 1. The molecule has 0 bridgehead atoms. The summed E-state index contributed by atoms with van der Waals surface area (Å²) in [7, 11) is 3.72. The van der Waals surface area contributed by atoms with E-state index in [2.05, 4.69) is 25.2 Å². The van der Waals surface area contributed by atoms with Crippen LogP contribution < -0.4 is 10.2 Å². The lowest BCUT2D eigenvalue weighted by Gasteiger charge is -2.33. The minimum absolute atomic E-state index is 0.238. The molecule has 2 aromatic heterocycles. The van der Waals surface area contributed by atoms with Gasteiger partial charge in [-0.3, -0.25) is 9.78 Å². The number of anilines is 2. The van der Waals surface area contributed by atoms with Crippen molar-refractivity contribution in [1.82, 2.24) is 19.9 Å². The topological polar surface area (TPSA) is 74.2 Å². The lowest BCUT2D eigenvalue weighted by molar-refractivity contribution is -0.131. The number of carbonyl (C=O) groups excluding carboxylic acids is 1. The summed E-state index contributed by atoms with van der Waals surface area (Å²) >= 11 is 0. The van der Waals surface area contributed by atoms with Crippen molar-refractivity contribution >= 4 is 17.7 Å². The van der Waals surface area contributed by atoms with Gasteiger partial charge in [0.25, 0.3) is 0 Å². The Morgan fingerprint density at radius 1 is 1.22 bits per heavy atom. The second-order valence-electron chi connectivity index (χ2n) is 7.04. The first-order chi connectivity index (χ1) is 13.2. The SMILES string of the molecule is CNc1nccc(N2CCC(CC(=O)N(C)CCc3ccncc3)CC2)n1. The maximum absolute atomic E-state index is 12.5. The molecule has 1 aliphatic rings. The van der Waals surface area contributed by atoms with Gasteiger partial charge in [-0.15, -0.1) is 0 Å². The van der Waals surface area contributed by atoms with Gasteiger partial charge in [0.2, 0.25) is 11.9 Å². The van der Waals surface area contributed by atoms with Crippen LogP contribution >= 0.6 is 0 Å². The summed E-state index contributed by atoms with van der Waals surface area (Å²) in [5, 5.41) is 2.97. The van der Waals surface area contributed by atoms with Gasteiger partial charge in [0, 0.05) is 58.7 Å². The van der Waals surface area contributed by atoms with E-state index in [4.69, 9.17) is 0 Å². The van der Waals surface area contributed by atoms with Crippen LogP contribution in [0.3, 0.4) is 0 Å². The molecule has 0 unspecified atom stereocenters. The molecule has 3 rings (SSSR count). The lowest BCUT2D eigenvalue weighted by atomic mass is 9.93. The summed E-state index contributed by atoms with van der Waals surface area (Å²) in [6, 6.07) is 5.94. The Morgan fingerprint density at radius 3 is 2.67 bits per heavy atom. The number of hydrogen-bond donors (Lipinski definition) is 1. The fourth-order valence-corrected chi connectivity index (χ4v) is 3.39. The molecule has 27 heavy (non-hydrogen) atoms. The van der Waals surface area contributed by atoms with Crippen molar-refractivity contribution in [3.05, 3.63) is 42.4 Å². The highest BCUT2D eigenvalue weighted by atomic mass is 16.2. The van der Waals surface area contributed by atoms with Crippen LogP contribution in [0.1, 0.15) is 24.8 Å². The van der Waals surface area contributed by atoms with Gasteiger partial charge in [0.15, 0.2) is 0 Å². The average molecular weight is 368 g/mol. The van der Waals surface area contributed by atoms with E-state index >= 15 is 0 Å². The first-order valence-electron chi connectivity index (χ1n) is 9.54. The highest BCUT2D eigenvalue weighted by Gasteiger charge is 2.23. The smallest absolute Gasteiger partial charge is 0.224 e. The fourth-order valence-electron chi connectivity index (χ4n) is 3.39. The van der Waals surface area contributed by atoms with Crippen LogP contribution in [0.15, 0.2) is 36.8 Å². The predicted octanol–water partition coefficient (Wildman–Crippen LogP) is 2.22. The van der Waals surface area contributed by atoms with Crippen LogP contribution in [0, 0.1) is 5.92 Å². The van der Waals surface area contributed by atoms with Gasteiger partial charge in [-0.2, -0.15) is 4.98 Å².